The summed E-state index contributed by atoms with van der Waals surface area (Å²) >= 11 is 0. The molecule has 2 aromatic rings. The number of fused-ring (bicyclic) bond motifs is 1. The van der Waals surface area contributed by atoms with Gasteiger partial charge in [-0.05, 0) is 19.1 Å². The minimum atomic E-state index is 0.751. The van der Waals surface area contributed by atoms with E-state index in [1.54, 1.807) is 0 Å². The number of hydrogen-bond acceptors (Lipinski definition) is 2. The van der Waals surface area contributed by atoms with Crippen LogP contribution in [-0.2, 0) is 6.54 Å². The van der Waals surface area contributed by atoms with E-state index in [2.05, 4.69) is 18.4 Å². The normalized spacial score (nSPS) is 10.8. The van der Waals surface area contributed by atoms with Crippen molar-refractivity contribution in [3.63, 3.8) is 0 Å². The van der Waals surface area contributed by atoms with Crippen LogP contribution in [0.25, 0.3) is 10.9 Å². The third-order valence-corrected chi connectivity index (χ3v) is 2.73. The van der Waals surface area contributed by atoms with E-state index >= 15 is 0 Å². The summed E-state index contributed by atoms with van der Waals surface area (Å²) in [6, 6.07) is 7.85. The van der Waals surface area contributed by atoms with Gasteiger partial charge in [-0.15, -0.1) is 0 Å². The van der Waals surface area contributed by atoms with Gasteiger partial charge in [0.2, 0.25) is 5.52 Å². The summed E-state index contributed by atoms with van der Waals surface area (Å²) in [7, 11) is 0. The van der Waals surface area contributed by atoms with Crippen LogP contribution in [0.4, 0.5) is 11.4 Å². The highest BCUT2D eigenvalue weighted by atomic mass is 15.0. The molecule has 0 aliphatic heterocycles. The van der Waals surface area contributed by atoms with E-state index in [4.69, 9.17) is 11.5 Å². The van der Waals surface area contributed by atoms with Crippen LogP contribution in [0.2, 0.25) is 0 Å². The third-order valence-electron chi connectivity index (χ3n) is 2.73. The van der Waals surface area contributed by atoms with Crippen molar-refractivity contribution < 1.29 is 4.57 Å². The molecule has 15 heavy (non-hydrogen) atoms. The molecule has 0 saturated carbocycles. The lowest BCUT2D eigenvalue weighted by Gasteiger charge is -2.05. The van der Waals surface area contributed by atoms with Gasteiger partial charge >= 0.3 is 0 Å². The molecule has 0 spiro atoms. The monoisotopic (exact) mass is 202 g/mol. The predicted molar refractivity (Wildman–Crippen MR) is 63.4 cm³/mol. The van der Waals surface area contributed by atoms with Crippen LogP contribution in [-0.4, -0.2) is 0 Å². The van der Waals surface area contributed by atoms with E-state index in [-0.39, 0.29) is 0 Å². The summed E-state index contributed by atoms with van der Waals surface area (Å²) in [4.78, 5) is 0. The second-order valence-electron chi connectivity index (χ2n) is 3.76. The SMILES string of the molecule is CC[n+]1c(C)cc(N)c2cc(N)ccc21. The summed E-state index contributed by atoms with van der Waals surface area (Å²) in [6.45, 7) is 5.13. The fourth-order valence-electron chi connectivity index (χ4n) is 2.01. The Hall–Kier alpha value is -1.77. The van der Waals surface area contributed by atoms with Crippen LogP contribution in [0.1, 0.15) is 12.6 Å². The van der Waals surface area contributed by atoms with Gasteiger partial charge < -0.3 is 11.5 Å². The van der Waals surface area contributed by atoms with Crippen LogP contribution in [0.15, 0.2) is 24.3 Å². The Kier molecular flexibility index (Phi) is 2.23. The molecule has 3 nitrogen and oxygen atoms in total. The predicted octanol–water partition coefficient (Wildman–Crippen LogP) is 1.62. The molecular formula is C12H16N3+. The molecule has 3 heteroatoms. The molecule has 0 bridgehead atoms. The fraction of sp³-hybridized carbons (Fsp3) is 0.250. The first kappa shape index (κ1) is 9.77. The molecule has 78 valence electrons. The molecule has 0 saturated heterocycles. The molecule has 1 aromatic heterocycles. The maximum Gasteiger partial charge on any atom is 0.214 e. The quantitative estimate of drug-likeness (QED) is 0.545. The van der Waals surface area contributed by atoms with Crippen molar-refractivity contribution in [2.45, 2.75) is 20.4 Å². The van der Waals surface area contributed by atoms with E-state index in [9.17, 15) is 0 Å². The topological polar surface area (TPSA) is 55.9 Å². The summed E-state index contributed by atoms with van der Waals surface area (Å²) in [6.07, 6.45) is 0. The summed E-state index contributed by atoms with van der Waals surface area (Å²) in [5.74, 6) is 0. The Morgan fingerprint density at radius 3 is 2.60 bits per heavy atom. The maximum atomic E-state index is 5.98. The van der Waals surface area contributed by atoms with Gasteiger partial charge in [-0.2, -0.15) is 4.57 Å². The van der Waals surface area contributed by atoms with Crippen molar-refractivity contribution >= 4 is 22.3 Å². The smallest absolute Gasteiger partial charge is 0.214 e. The number of aryl methyl sites for hydroxylation is 2. The Bertz CT molecular complexity index is 518. The molecule has 2 rings (SSSR count). The Balaban J connectivity index is 2.90. The molecule has 0 atom stereocenters. The molecular weight excluding hydrogens is 186 g/mol. The molecule has 1 aromatic carbocycles. The number of nitrogen functional groups attached to an aromatic ring is 2. The fourth-order valence-corrected chi connectivity index (χ4v) is 2.01. The number of rotatable bonds is 1. The molecule has 0 amide bonds. The average molecular weight is 202 g/mol. The zero-order valence-corrected chi connectivity index (χ0v) is 9.12. The van der Waals surface area contributed by atoms with Crippen LogP contribution in [0, 0.1) is 6.92 Å². The number of benzene rings is 1. The van der Waals surface area contributed by atoms with Crippen LogP contribution < -0.4 is 16.0 Å². The van der Waals surface area contributed by atoms with Crippen molar-refractivity contribution in [3.8, 4) is 0 Å². The van der Waals surface area contributed by atoms with Crippen molar-refractivity contribution in [1.82, 2.24) is 0 Å². The molecule has 0 aliphatic carbocycles. The van der Waals surface area contributed by atoms with E-state index in [1.807, 2.05) is 24.3 Å². The van der Waals surface area contributed by atoms with E-state index in [0.29, 0.717) is 0 Å². The summed E-state index contributed by atoms with van der Waals surface area (Å²) in [5.41, 5.74) is 15.6. The first-order valence-electron chi connectivity index (χ1n) is 5.11. The number of nitrogens with zero attached hydrogens (tertiary/aromatic N) is 1. The lowest BCUT2D eigenvalue weighted by Crippen LogP contribution is -2.36. The van der Waals surface area contributed by atoms with Gasteiger partial charge in [-0.25, -0.2) is 0 Å². The summed E-state index contributed by atoms with van der Waals surface area (Å²) < 4.78 is 2.23. The van der Waals surface area contributed by atoms with Gasteiger partial charge in [-0.1, -0.05) is 0 Å². The van der Waals surface area contributed by atoms with Crippen molar-refractivity contribution in [2.75, 3.05) is 11.5 Å². The van der Waals surface area contributed by atoms with E-state index in [0.717, 1.165) is 28.8 Å². The lowest BCUT2D eigenvalue weighted by molar-refractivity contribution is -0.673. The number of pyridine rings is 1. The van der Waals surface area contributed by atoms with E-state index < -0.39 is 0 Å². The van der Waals surface area contributed by atoms with Crippen LogP contribution >= 0.6 is 0 Å². The standard InChI is InChI=1S/C12H15N3/c1-3-15-8(2)6-11(14)10-7-9(13)4-5-12(10)15/h4-7,14H,3,13H2,1-2H3/p+1. The van der Waals surface area contributed by atoms with Gasteiger partial charge in [0, 0.05) is 24.7 Å². The van der Waals surface area contributed by atoms with Gasteiger partial charge in [0.25, 0.3) is 0 Å². The van der Waals surface area contributed by atoms with Gasteiger partial charge in [-0.3, -0.25) is 0 Å². The van der Waals surface area contributed by atoms with Gasteiger partial charge in [0.1, 0.15) is 6.54 Å². The van der Waals surface area contributed by atoms with Crippen LogP contribution in [0.3, 0.4) is 0 Å². The highest BCUT2D eigenvalue weighted by molar-refractivity contribution is 5.90. The molecule has 1 heterocycles. The summed E-state index contributed by atoms with van der Waals surface area (Å²) in [5, 5.41) is 1.03. The molecule has 0 unspecified atom stereocenters. The number of anilines is 2. The molecule has 0 fully saturated rings. The third kappa shape index (κ3) is 1.50. The van der Waals surface area contributed by atoms with E-state index in [1.165, 1.54) is 5.69 Å². The Labute approximate surface area is 89.3 Å². The number of aromatic nitrogens is 1. The first-order valence-corrected chi connectivity index (χ1v) is 5.11. The zero-order chi connectivity index (χ0) is 11.0. The van der Waals surface area contributed by atoms with Crippen LogP contribution in [0.5, 0.6) is 0 Å². The number of nitrogens with two attached hydrogens (primary N) is 2. The minimum Gasteiger partial charge on any atom is -0.399 e. The molecule has 0 aliphatic rings. The Morgan fingerprint density at radius 1 is 1.20 bits per heavy atom. The lowest BCUT2D eigenvalue weighted by atomic mass is 10.1. The minimum absolute atomic E-state index is 0.751. The van der Waals surface area contributed by atoms with Crippen molar-refractivity contribution in [3.05, 3.63) is 30.0 Å². The van der Waals surface area contributed by atoms with Gasteiger partial charge in [0.05, 0.1) is 11.1 Å². The van der Waals surface area contributed by atoms with Crippen molar-refractivity contribution in [1.29, 1.82) is 0 Å². The zero-order valence-electron chi connectivity index (χ0n) is 9.12. The number of hydrogen-bond donors (Lipinski definition) is 2. The largest absolute Gasteiger partial charge is 0.399 e. The molecule has 4 N–H and O–H groups in total. The maximum absolute atomic E-state index is 5.98. The highest BCUT2D eigenvalue weighted by Gasteiger charge is 2.13. The molecule has 0 radical (unpaired) electrons. The Morgan fingerprint density at radius 2 is 1.93 bits per heavy atom. The van der Waals surface area contributed by atoms with Crippen molar-refractivity contribution in [2.24, 2.45) is 0 Å². The highest BCUT2D eigenvalue weighted by Crippen LogP contribution is 2.21. The average Bonchev–Trinajstić information content (AvgIpc) is 2.19. The second-order valence-corrected chi connectivity index (χ2v) is 3.76. The van der Waals surface area contributed by atoms with Gasteiger partial charge in [0.15, 0.2) is 5.69 Å². The second kappa shape index (κ2) is 3.42. The first-order chi connectivity index (χ1) is 7.13.